The van der Waals surface area contributed by atoms with Gasteiger partial charge in [0.25, 0.3) is 0 Å². The van der Waals surface area contributed by atoms with E-state index in [1.807, 2.05) is 6.92 Å². The Morgan fingerprint density at radius 3 is 2.00 bits per heavy atom. The zero-order chi connectivity index (χ0) is 9.98. The summed E-state index contributed by atoms with van der Waals surface area (Å²) in [5.74, 6) is 0.715. The third kappa shape index (κ3) is 22.7. The second kappa shape index (κ2) is 10.4. The van der Waals surface area contributed by atoms with E-state index in [0.29, 0.717) is 5.92 Å². The van der Waals surface area contributed by atoms with Gasteiger partial charge in [0.2, 0.25) is 5.91 Å². The van der Waals surface area contributed by atoms with Crippen molar-refractivity contribution in [1.82, 2.24) is 5.32 Å². The molecule has 0 radical (unpaired) electrons. The van der Waals surface area contributed by atoms with Gasteiger partial charge in [0, 0.05) is 27.2 Å². The van der Waals surface area contributed by atoms with Gasteiger partial charge in [-0.15, -0.1) is 0 Å². The first-order valence-electron chi connectivity index (χ1n) is 4.27. The van der Waals surface area contributed by atoms with Crippen LogP contribution >= 0.6 is 0 Å². The highest BCUT2D eigenvalue weighted by Crippen LogP contribution is 1.88. The van der Waals surface area contributed by atoms with E-state index in [1.54, 1.807) is 7.11 Å². The minimum atomic E-state index is 0.0394. The molecule has 0 rings (SSSR count). The SMILES string of the molecule is CCNC(C)=O.COCC(C)C. The molecule has 3 nitrogen and oxygen atoms in total. The molecule has 1 N–H and O–H groups in total. The molecule has 0 heterocycles. The summed E-state index contributed by atoms with van der Waals surface area (Å²) < 4.78 is 4.80. The Kier molecular flexibility index (Phi) is 12.2. The van der Waals surface area contributed by atoms with Gasteiger partial charge in [0.05, 0.1) is 0 Å². The van der Waals surface area contributed by atoms with Crippen LogP contribution in [0.3, 0.4) is 0 Å². The van der Waals surface area contributed by atoms with Crippen LogP contribution in [0.2, 0.25) is 0 Å². The Labute approximate surface area is 75.5 Å². The van der Waals surface area contributed by atoms with E-state index in [4.69, 9.17) is 4.74 Å². The number of carbonyl (C=O) groups excluding carboxylic acids is 1. The Morgan fingerprint density at radius 1 is 1.50 bits per heavy atom. The summed E-state index contributed by atoms with van der Waals surface area (Å²) >= 11 is 0. The van der Waals surface area contributed by atoms with Crippen LogP contribution in [-0.4, -0.2) is 26.2 Å². The van der Waals surface area contributed by atoms with Crippen molar-refractivity contribution in [2.75, 3.05) is 20.3 Å². The molecule has 74 valence electrons. The van der Waals surface area contributed by atoms with E-state index in [9.17, 15) is 4.79 Å². The van der Waals surface area contributed by atoms with E-state index >= 15 is 0 Å². The van der Waals surface area contributed by atoms with Gasteiger partial charge in [0.15, 0.2) is 0 Å². The van der Waals surface area contributed by atoms with Crippen LogP contribution in [0.15, 0.2) is 0 Å². The minimum Gasteiger partial charge on any atom is -0.384 e. The Bertz CT molecular complexity index is 103. The third-order valence-corrected chi connectivity index (χ3v) is 0.926. The zero-order valence-electron chi connectivity index (χ0n) is 8.81. The molecule has 0 aliphatic carbocycles. The van der Waals surface area contributed by atoms with Crippen molar-refractivity contribution >= 4 is 5.91 Å². The molecule has 0 aromatic rings. The molecule has 0 unspecified atom stereocenters. The zero-order valence-corrected chi connectivity index (χ0v) is 8.81. The molecule has 0 aromatic carbocycles. The van der Waals surface area contributed by atoms with E-state index in [-0.39, 0.29) is 5.91 Å². The fourth-order valence-electron chi connectivity index (χ4n) is 0.582. The van der Waals surface area contributed by atoms with Crippen LogP contribution in [0.5, 0.6) is 0 Å². The second-order valence-electron chi connectivity index (χ2n) is 2.94. The summed E-state index contributed by atoms with van der Waals surface area (Å²) in [7, 11) is 1.72. The largest absolute Gasteiger partial charge is 0.384 e. The number of hydrogen-bond acceptors (Lipinski definition) is 2. The molecule has 0 saturated heterocycles. The van der Waals surface area contributed by atoms with Gasteiger partial charge in [-0.1, -0.05) is 13.8 Å². The molecule has 0 fully saturated rings. The molecular formula is C9H21NO2. The summed E-state index contributed by atoms with van der Waals surface area (Å²) in [6.45, 7) is 9.26. The van der Waals surface area contributed by atoms with Crippen LogP contribution in [0.4, 0.5) is 0 Å². The quantitative estimate of drug-likeness (QED) is 0.704. The Morgan fingerprint density at radius 2 is 2.00 bits per heavy atom. The van der Waals surface area contributed by atoms with Crippen molar-refractivity contribution in [1.29, 1.82) is 0 Å². The van der Waals surface area contributed by atoms with Crippen molar-refractivity contribution in [2.45, 2.75) is 27.7 Å². The molecule has 0 saturated carbocycles. The summed E-state index contributed by atoms with van der Waals surface area (Å²) in [5, 5.41) is 2.57. The average Bonchev–Trinajstić information content (AvgIpc) is 1.87. The van der Waals surface area contributed by atoms with Crippen molar-refractivity contribution < 1.29 is 9.53 Å². The molecule has 0 atom stereocenters. The highest BCUT2D eigenvalue weighted by Gasteiger charge is 1.85. The van der Waals surface area contributed by atoms with Gasteiger partial charge < -0.3 is 10.1 Å². The first kappa shape index (κ1) is 14.0. The number of hydrogen-bond donors (Lipinski definition) is 1. The third-order valence-electron chi connectivity index (χ3n) is 0.926. The molecule has 0 aliphatic rings. The summed E-state index contributed by atoms with van der Waals surface area (Å²) in [6, 6.07) is 0. The highest BCUT2D eigenvalue weighted by atomic mass is 16.5. The standard InChI is InChI=1S/C5H12O.C4H9NO/c1-5(2)4-6-3;1-3-5-4(2)6/h5H,4H2,1-3H3;3H2,1-2H3,(H,5,6). The molecule has 0 aliphatic heterocycles. The molecule has 0 bridgehead atoms. The summed E-state index contributed by atoms with van der Waals surface area (Å²) in [4.78, 5) is 9.93. The maximum Gasteiger partial charge on any atom is 0.216 e. The molecule has 3 heteroatoms. The number of nitrogens with one attached hydrogen (secondary N) is 1. The predicted molar refractivity (Wildman–Crippen MR) is 51.1 cm³/mol. The fraction of sp³-hybridized carbons (Fsp3) is 0.889. The lowest BCUT2D eigenvalue weighted by Gasteiger charge is -1.97. The monoisotopic (exact) mass is 175 g/mol. The topological polar surface area (TPSA) is 38.3 Å². The van der Waals surface area contributed by atoms with E-state index < -0.39 is 0 Å². The Hall–Kier alpha value is -0.570. The van der Waals surface area contributed by atoms with Gasteiger partial charge in [-0.2, -0.15) is 0 Å². The maximum absolute atomic E-state index is 9.93. The van der Waals surface area contributed by atoms with Gasteiger partial charge in [-0.3, -0.25) is 4.79 Å². The van der Waals surface area contributed by atoms with Crippen LogP contribution < -0.4 is 5.32 Å². The molecule has 12 heavy (non-hydrogen) atoms. The number of ether oxygens (including phenoxy) is 1. The average molecular weight is 175 g/mol. The van der Waals surface area contributed by atoms with Crippen LogP contribution in [0.25, 0.3) is 0 Å². The van der Waals surface area contributed by atoms with Crippen LogP contribution in [0.1, 0.15) is 27.7 Å². The summed E-state index contributed by atoms with van der Waals surface area (Å²) in [5.41, 5.74) is 0. The van der Waals surface area contributed by atoms with E-state index in [1.165, 1.54) is 6.92 Å². The smallest absolute Gasteiger partial charge is 0.216 e. The van der Waals surface area contributed by atoms with Crippen molar-refractivity contribution in [2.24, 2.45) is 5.92 Å². The molecular weight excluding hydrogens is 154 g/mol. The number of rotatable bonds is 3. The predicted octanol–water partition coefficient (Wildman–Crippen LogP) is 1.43. The first-order chi connectivity index (χ1) is 5.54. The Balaban J connectivity index is 0. The second-order valence-corrected chi connectivity index (χ2v) is 2.94. The van der Waals surface area contributed by atoms with Gasteiger partial charge in [-0.25, -0.2) is 0 Å². The number of amides is 1. The molecule has 0 spiro atoms. The van der Waals surface area contributed by atoms with Crippen LogP contribution in [0, 0.1) is 5.92 Å². The highest BCUT2D eigenvalue weighted by molar-refractivity contribution is 5.72. The lowest BCUT2D eigenvalue weighted by molar-refractivity contribution is -0.118. The van der Waals surface area contributed by atoms with E-state index in [0.717, 1.165) is 13.2 Å². The van der Waals surface area contributed by atoms with Crippen LogP contribution in [-0.2, 0) is 9.53 Å². The normalized spacial score (nSPS) is 8.83. The van der Waals surface area contributed by atoms with Gasteiger partial charge >= 0.3 is 0 Å². The van der Waals surface area contributed by atoms with Crippen molar-refractivity contribution in [3.05, 3.63) is 0 Å². The van der Waals surface area contributed by atoms with Crippen molar-refractivity contribution in [3.8, 4) is 0 Å². The minimum absolute atomic E-state index is 0.0394. The number of carbonyl (C=O) groups is 1. The lowest BCUT2D eigenvalue weighted by atomic mass is 10.2. The maximum atomic E-state index is 9.93. The lowest BCUT2D eigenvalue weighted by Crippen LogP contribution is -2.18. The van der Waals surface area contributed by atoms with Crippen molar-refractivity contribution in [3.63, 3.8) is 0 Å². The number of methoxy groups -OCH3 is 1. The van der Waals surface area contributed by atoms with Gasteiger partial charge in [-0.05, 0) is 12.8 Å². The summed E-state index contributed by atoms with van der Waals surface area (Å²) in [6.07, 6.45) is 0. The molecule has 0 aromatic heterocycles. The van der Waals surface area contributed by atoms with E-state index in [2.05, 4.69) is 19.2 Å². The fourth-order valence-corrected chi connectivity index (χ4v) is 0.582. The molecule has 1 amide bonds. The van der Waals surface area contributed by atoms with Gasteiger partial charge in [0.1, 0.15) is 0 Å². The first-order valence-corrected chi connectivity index (χ1v) is 4.27.